The van der Waals surface area contributed by atoms with Crippen molar-refractivity contribution >= 4 is 45.6 Å². The van der Waals surface area contributed by atoms with Crippen molar-refractivity contribution in [2.24, 2.45) is 0 Å². The number of nitrogens with zero attached hydrogens (tertiary/aromatic N) is 2. The normalized spacial score (nSPS) is 12.0. The molecule has 0 bridgehead atoms. The second-order valence-electron chi connectivity index (χ2n) is 4.05. The molecule has 2 aromatic rings. The summed E-state index contributed by atoms with van der Waals surface area (Å²) in [7, 11) is 1.66. The number of carbonyl (C=O) groups is 1. The highest BCUT2D eigenvalue weighted by atomic mass is 35.5. The Kier molecular flexibility index (Phi) is 4.86. The van der Waals surface area contributed by atoms with Crippen LogP contribution < -0.4 is 9.64 Å². The Morgan fingerprint density at radius 2 is 2.20 bits per heavy atom. The van der Waals surface area contributed by atoms with Gasteiger partial charge in [-0.05, 0) is 25.1 Å². The van der Waals surface area contributed by atoms with Crippen LogP contribution >= 0.6 is 34.5 Å². The van der Waals surface area contributed by atoms with Gasteiger partial charge in [-0.25, -0.2) is 4.98 Å². The van der Waals surface area contributed by atoms with Crippen molar-refractivity contribution in [2.45, 2.75) is 13.0 Å². The van der Waals surface area contributed by atoms with E-state index in [0.29, 0.717) is 20.9 Å². The Bertz CT molecular complexity index is 604. The first kappa shape index (κ1) is 15.1. The Morgan fingerprint density at radius 1 is 1.45 bits per heavy atom. The molecule has 106 valence electrons. The topological polar surface area (TPSA) is 42.4 Å². The molecule has 0 N–H and O–H groups in total. The highest BCUT2D eigenvalue weighted by Crippen LogP contribution is 2.28. The summed E-state index contributed by atoms with van der Waals surface area (Å²) in [4.78, 5) is 17.8. The summed E-state index contributed by atoms with van der Waals surface area (Å²) in [5, 5.41) is 3.31. The van der Waals surface area contributed by atoms with Crippen LogP contribution in [0, 0.1) is 0 Å². The van der Waals surface area contributed by atoms with E-state index >= 15 is 0 Å². The minimum Gasteiger partial charge on any atom is -0.479 e. The number of likely N-dealkylation sites (N-methyl/N-ethyl adjacent to an activating group) is 1. The second kappa shape index (κ2) is 6.43. The standard InChI is InChI=1S/C13H12Cl2N2O2S/c1-8(12(18)17(2)13-16-5-6-20-13)19-11-4-3-9(14)7-10(11)15/h3-8H,1-2H3. The highest BCUT2D eigenvalue weighted by Gasteiger charge is 2.22. The van der Waals surface area contributed by atoms with Crippen molar-refractivity contribution in [1.82, 2.24) is 4.98 Å². The van der Waals surface area contributed by atoms with E-state index < -0.39 is 6.10 Å². The fraction of sp³-hybridized carbons (Fsp3) is 0.231. The van der Waals surface area contributed by atoms with Gasteiger partial charge in [0, 0.05) is 23.6 Å². The number of halogens is 2. The average Bonchev–Trinajstić information content (AvgIpc) is 2.94. The van der Waals surface area contributed by atoms with Gasteiger partial charge in [-0.1, -0.05) is 23.2 Å². The van der Waals surface area contributed by atoms with E-state index in [9.17, 15) is 4.79 Å². The van der Waals surface area contributed by atoms with Gasteiger partial charge in [0.15, 0.2) is 11.2 Å². The molecule has 0 aliphatic rings. The number of rotatable bonds is 4. The smallest absolute Gasteiger partial charge is 0.269 e. The predicted molar refractivity (Wildman–Crippen MR) is 82.1 cm³/mol. The molecule has 0 aliphatic carbocycles. The summed E-state index contributed by atoms with van der Waals surface area (Å²) in [6.07, 6.45) is 0.966. The lowest BCUT2D eigenvalue weighted by Crippen LogP contribution is -2.38. The molecule has 1 unspecified atom stereocenters. The van der Waals surface area contributed by atoms with Crippen LogP contribution in [0.15, 0.2) is 29.8 Å². The van der Waals surface area contributed by atoms with Crippen LogP contribution in [0.3, 0.4) is 0 Å². The number of benzene rings is 1. The number of hydrogen-bond acceptors (Lipinski definition) is 4. The molecule has 1 amide bonds. The third-order valence-electron chi connectivity index (χ3n) is 2.58. The maximum atomic E-state index is 12.2. The second-order valence-corrected chi connectivity index (χ2v) is 5.76. The lowest BCUT2D eigenvalue weighted by molar-refractivity contribution is -0.124. The molecule has 0 aliphatic heterocycles. The number of carbonyl (C=O) groups excluding carboxylic acids is 1. The fourth-order valence-corrected chi connectivity index (χ4v) is 2.63. The lowest BCUT2D eigenvalue weighted by atomic mass is 10.3. The van der Waals surface area contributed by atoms with Gasteiger partial charge in [0.2, 0.25) is 0 Å². The first-order chi connectivity index (χ1) is 9.49. The van der Waals surface area contributed by atoms with Crippen LogP contribution in [0.4, 0.5) is 5.13 Å². The molecule has 1 heterocycles. The lowest BCUT2D eigenvalue weighted by Gasteiger charge is -2.20. The fourth-order valence-electron chi connectivity index (χ4n) is 1.56. The highest BCUT2D eigenvalue weighted by molar-refractivity contribution is 7.13. The van der Waals surface area contributed by atoms with Crippen molar-refractivity contribution < 1.29 is 9.53 Å². The Hall–Kier alpha value is -1.30. The third kappa shape index (κ3) is 3.42. The van der Waals surface area contributed by atoms with Gasteiger partial charge in [-0.2, -0.15) is 0 Å². The molecule has 4 nitrogen and oxygen atoms in total. The zero-order valence-electron chi connectivity index (χ0n) is 10.8. The van der Waals surface area contributed by atoms with E-state index in [4.69, 9.17) is 27.9 Å². The monoisotopic (exact) mass is 330 g/mol. The first-order valence-electron chi connectivity index (χ1n) is 5.78. The molecule has 0 radical (unpaired) electrons. The molecular weight excluding hydrogens is 319 g/mol. The third-order valence-corrected chi connectivity index (χ3v) is 3.96. The molecule has 2 rings (SSSR count). The number of amides is 1. The molecule has 0 spiro atoms. The molecule has 0 fully saturated rings. The van der Waals surface area contributed by atoms with E-state index in [1.807, 2.05) is 0 Å². The van der Waals surface area contributed by atoms with Gasteiger partial charge in [-0.15, -0.1) is 11.3 Å². The van der Waals surface area contributed by atoms with Crippen molar-refractivity contribution in [1.29, 1.82) is 0 Å². The maximum Gasteiger partial charge on any atom is 0.269 e. The van der Waals surface area contributed by atoms with Gasteiger partial charge in [0.05, 0.1) is 5.02 Å². The number of thiazole rings is 1. The van der Waals surface area contributed by atoms with Gasteiger partial charge in [0.25, 0.3) is 5.91 Å². The van der Waals surface area contributed by atoms with E-state index in [-0.39, 0.29) is 5.91 Å². The molecule has 0 saturated heterocycles. The van der Waals surface area contributed by atoms with E-state index in [1.54, 1.807) is 43.7 Å². The molecule has 0 saturated carbocycles. The molecule has 7 heteroatoms. The summed E-state index contributed by atoms with van der Waals surface area (Å²) in [5.41, 5.74) is 0. The minimum atomic E-state index is -0.678. The average molecular weight is 331 g/mol. The first-order valence-corrected chi connectivity index (χ1v) is 7.41. The summed E-state index contributed by atoms with van der Waals surface area (Å²) in [5.74, 6) is 0.218. The molecule has 1 atom stereocenters. The summed E-state index contributed by atoms with van der Waals surface area (Å²) >= 11 is 13.2. The number of anilines is 1. The molecule has 1 aromatic heterocycles. The summed E-state index contributed by atoms with van der Waals surface area (Å²) < 4.78 is 5.58. The number of ether oxygens (including phenoxy) is 1. The van der Waals surface area contributed by atoms with Gasteiger partial charge < -0.3 is 4.74 Å². The minimum absolute atomic E-state index is 0.203. The quantitative estimate of drug-likeness (QED) is 0.854. The molecular formula is C13H12Cl2N2O2S. The Balaban J connectivity index is 2.07. The van der Waals surface area contributed by atoms with Gasteiger partial charge in [-0.3, -0.25) is 9.69 Å². The van der Waals surface area contributed by atoms with Gasteiger partial charge in [0.1, 0.15) is 5.75 Å². The maximum absolute atomic E-state index is 12.2. The van der Waals surface area contributed by atoms with E-state index in [2.05, 4.69) is 4.98 Å². The van der Waals surface area contributed by atoms with Crippen LogP contribution in [-0.2, 0) is 4.79 Å². The zero-order chi connectivity index (χ0) is 14.7. The largest absolute Gasteiger partial charge is 0.479 e. The van der Waals surface area contributed by atoms with Crippen molar-refractivity contribution in [2.75, 3.05) is 11.9 Å². The van der Waals surface area contributed by atoms with Crippen LogP contribution in [0.5, 0.6) is 5.75 Å². The van der Waals surface area contributed by atoms with Crippen LogP contribution in [0.2, 0.25) is 10.0 Å². The van der Waals surface area contributed by atoms with Crippen LogP contribution in [0.1, 0.15) is 6.92 Å². The van der Waals surface area contributed by atoms with Gasteiger partial charge >= 0.3 is 0 Å². The van der Waals surface area contributed by atoms with Crippen molar-refractivity contribution in [3.05, 3.63) is 39.8 Å². The predicted octanol–water partition coefficient (Wildman–Crippen LogP) is 3.88. The number of hydrogen-bond donors (Lipinski definition) is 0. The van der Waals surface area contributed by atoms with E-state index in [0.717, 1.165) is 0 Å². The Labute approximate surface area is 130 Å². The van der Waals surface area contributed by atoms with E-state index in [1.165, 1.54) is 16.2 Å². The van der Waals surface area contributed by atoms with Crippen LogP contribution in [-0.4, -0.2) is 24.0 Å². The number of aromatic nitrogens is 1. The zero-order valence-corrected chi connectivity index (χ0v) is 13.2. The summed E-state index contributed by atoms with van der Waals surface area (Å²) in [6, 6.07) is 4.86. The SMILES string of the molecule is CC(Oc1ccc(Cl)cc1Cl)C(=O)N(C)c1nccs1. The summed E-state index contributed by atoms with van der Waals surface area (Å²) in [6.45, 7) is 1.66. The molecule has 20 heavy (non-hydrogen) atoms. The van der Waals surface area contributed by atoms with Crippen molar-refractivity contribution in [3.8, 4) is 5.75 Å². The van der Waals surface area contributed by atoms with Crippen molar-refractivity contribution in [3.63, 3.8) is 0 Å². The van der Waals surface area contributed by atoms with Crippen LogP contribution in [0.25, 0.3) is 0 Å². The molecule has 1 aromatic carbocycles. The Morgan fingerprint density at radius 3 is 2.80 bits per heavy atom.